The maximum atomic E-state index is 13.0. The molecule has 0 spiro atoms. The molecule has 1 N–H and O–H groups in total. The van der Waals surface area contributed by atoms with E-state index in [9.17, 15) is 4.79 Å². The molecule has 0 saturated heterocycles. The summed E-state index contributed by atoms with van der Waals surface area (Å²) in [5.41, 5.74) is 1.60. The van der Waals surface area contributed by atoms with Gasteiger partial charge in [0.2, 0.25) is 0 Å². The first-order valence-corrected chi connectivity index (χ1v) is 8.25. The Morgan fingerprint density at radius 3 is 1.96 bits per heavy atom. The Morgan fingerprint density at radius 2 is 1.48 bits per heavy atom. The minimum atomic E-state index is -0.365. The Kier molecular flexibility index (Phi) is 9.03. The van der Waals surface area contributed by atoms with Crippen LogP contribution in [0.5, 0.6) is 11.5 Å². The van der Waals surface area contributed by atoms with Crippen LogP contribution in [0.3, 0.4) is 0 Å². The van der Waals surface area contributed by atoms with Gasteiger partial charge in [-0.2, -0.15) is 0 Å². The van der Waals surface area contributed by atoms with Gasteiger partial charge in [0.1, 0.15) is 11.5 Å². The molecule has 1 unspecified atom stereocenters. The van der Waals surface area contributed by atoms with Gasteiger partial charge in [-0.25, -0.2) is 0 Å². The fraction of sp³-hybridized carbons (Fsp3) is 0.350. The zero-order valence-corrected chi connectivity index (χ0v) is 15.8. The van der Waals surface area contributed by atoms with Gasteiger partial charge in [0.15, 0.2) is 5.78 Å². The predicted octanol–water partition coefficient (Wildman–Crippen LogP) is 4.44. The molecule has 2 aromatic rings. The number of ether oxygens (including phenoxy) is 2. The number of halogens is 1. The summed E-state index contributed by atoms with van der Waals surface area (Å²) < 4.78 is 10.4. The number of hydrogen-bond acceptors (Lipinski definition) is 4. The highest BCUT2D eigenvalue weighted by Crippen LogP contribution is 2.23. The van der Waals surface area contributed by atoms with E-state index in [0.717, 1.165) is 36.4 Å². The van der Waals surface area contributed by atoms with Gasteiger partial charge in [-0.1, -0.05) is 25.5 Å². The van der Waals surface area contributed by atoms with Gasteiger partial charge in [-0.05, 0) is 54.9 Å². The average Bonchev–Trinajstić information content (AvgIpc) is 2.65. The van der Waals surface area contributed by atoms with E-state index in [1.54, 1.807) is 26.4 Å². The van der Waals surface area contributed by atoms with Crippen molar-refractivity contribution in [3.05, 3.63) is 59.7 Å². The van der Waals surface area contributed by atoms with Gasteiger partial charge in [0, 0.05) is 5.56 Å². The second kappa shape index (κ2) is 10.7. The standard InChI is InChI=1S/C20H25NO3.ClH/c1-4-5-14-21-19(15-6-10-17(23-2)11-7-15)20(22)16-8-12-18(24-3)13-9-16;/h6-13,19,21H,4-5,14H2,1-3H3;1H. The van der Waals surface area contributed by atoms with E-state index in [2.05, 4.69) is 12.2 Å². The molecule has 2 aromatic carbocycles. The van der Waals surface area contributed by atoms with E-state index in [-0.39, 0.29) is 24.2 Å². The Hall–Kier alpha value is -2.04. The molecule has 0 aliphatic rings. The molecule has 5 heteroatoms. The molecule has 4 nitrogen and oxygen atoms in total. The van der Waals surface area contributed by atoms with E-state index >= 15 is 0 Å². The van der Waals surface area contributed by atoms with Crippen LogP contribution < -0.4 is 14.8 Å². The van der Waals surface area contributed by atoms with Crippen LogP contribution in [-0.2, 0) is 0 Å². The molecule has 0 aromatic heterocycles. The molecule has 2 rings (SSSR count). The normalized spacial score (nSPS) is 11.3. The second-order valence-corrected chi connectivity index (χ2v) is 5.61. The van der Waals surface area contributed by atoms with Gasteiger partial charge < -0.3 is 14.8 Å². The highest BCUT2D eigenvalue weighted by atomic mass is 35.5. The summed E-state index contributed by atoms with van der Waals surface area (Å²) in [5, 5.41) is 3.38. The quantitative estimate of drug-likeness (QED) is 0.528. The van der Waals surface area contributed by atoms with Crippen LogP contribution >= 0.6 is 12.4 Å². The molecule has 25 heavy (non-hydrogen) atoms. The summed E-state index contributed by atoms with van der Waals surface area (Å²) in [6.07, 6.45) is 2.11. The number of benzene rings is 2. The minimum Gasteiger partial charge on any atom is -0.497 e. The first-order valence-electron chi connectivity index (χ1n) is 8.25. The molecule has 0 bridgehead atoms. The fourth-order valence-corrected chi connectivity index (χ4v) is 2.50. The molecule has 0 radical (unpaired) electrons. The van der Waals surface area contributed by atoms with Crippen molar-refractivity contribution in [3.8, 4) is 11.5 Å². The Morgan fingerprint density at radius 1 is 0.960 bits per heavy atom. The third-order valence-electron chi connectivity index (χ3n) is 3.96. The lowest BCUT2D eigenvalue weighted by Gasteiger charge is -2.19. The molecule has 0 amide bonds. The Balaban J connectivity index is 0.00000312. The summed E-state index contributed by atoms with van der Waals surface area (Å²) in [5.74, 6) is 1.58. The third kappa shape index (κ3) is 5.76. The second-order valence-electron chi connectivity index (χ2n) is 5.61. The summed E-state index contributed by atoms with van der Waals surface area (Å²) in [6.45, 7) is 2.93. The summed E-state index contributed by atoms with van der Waals surface area (Å²) in [6, 6.07) is 14.5. The lowest BCUT2D eigenvalue weighted by molar-refractivity contribution is 0.0942. The smallest absolute Gasteiger partial charge is 0.184 e. The van der Waals surface area contributed by atoms with Crippen LogP contribution in [0, 0.1) is 0 Å². The third-order valence-corrected chi connectivity index (χ3v) is 3.96. The zero-order valence-electron chi connectivity index (χ0n) is 15.0. The minimum absolute atomic E-state index is 0. The van der Waals surface area contributed by atoms with Crippen LogP contribution in [0.2, 0.25) is 0 Å². The van der Waals surface area contributed by atoms with Gasteiger partial charge in [-0.15, -0.1) is 12.4 Å². The van der Waals surface area contributed by atoms with Crippen LogP contribution in [0.4, 0.5) is 0 Å². The zero-order chi connectivity index (χ0) is 17.4. The van der Waals surface area contributed by atoms with Crippen molar-refractivity contribution in [2.45, 2.75) is 25.8 Å². The van der Waals surface area contributed by atoms with Gasteiger partial charge >= 0.3 is 0 Å². The monoisotopic (exact) mass is 363 g/mol. The van der Waals surface area contributed by atoms with Gasteiger partial charge in [0.05, 0.1) is 20.3 Å². The number of carbonyl (C=O) groups excluding carboxylic acids is 1. The molecule has 1 atom stereocenters. The number of rotatable bonds is 9. The van der Waals surface area contributed by atoms with Crippen molar-refractivity contribution in [3.63, 3.8) is 0 Å². The maximum absolute atomic E-state index is 13.0. The van der Waals surface area contributed by atoms with Crippen LogP contribution in [0.15, 0.2) is 48.5 Å². The maximum Gasteiger partial charge on any atom is 0.184 e. The molecule has 0 saturated carbocycles. The van der Waals surface area contributed by atoms with Crippen molar-refractivity contribution in [2.24, 2.45) is 0 Å². The number of hydrogen-bond donors (Lipinski definition) is 1. The number of ketones is 1. The average molecular weight is 364 g/mol. The van der Waals surface area contributed by atoms with Crippen LogP contribution in [-0.4, -0.2) is 26.5 Å². The van der Waals surface area contributed by atoms with E-state index in [0.29, 0.717) is 5.56 Å². The largest absolute Gasteiger partial charge is 0.497 e. The van der Waals surface area contributed by atoms with Crippen molar-refractivity contribution >= 4 is 18.2 Å². The Labute approximate surface area is 155 Å². The number of carbonyl (C=O) groups is 1. The summed E-state index contributed by atoms with van der Waals surface area (Å²) in [4.78, 5) is 13.0. The lowest BCUT2D eigenvalue weighted by Crippen LogP contribution is -2.29. The van der Waals surface area contributed by atoms with Crippen molar-refractivity contribution in [2.75, 3.05) is 20.8 Å². The van der Waals surface area contributed by atoms with Crippen molar-refractivity contribution < 1.29 is 14.3 Å². The molecule has 0 aliphatic carbocycles. The van der Waals surface area contributed by atoms with E-state index < -0.39 is 0 Å². The highest BCUT2D eigenvalue weighted by molar-refractivity contribution is 6.00. The van der Waals surface area contributed by atoms with E-state index in [1.165, 1.54) is 0 Å². The Bertz CT molecular complexity index is 641. The SMILES string of the molecule is CCCCNC(C(=O)c1ccc(OC)cc1)c1ccc(OC)cc1.Cl. The summed E-state index contributed by atoms with van der Waals surface area (Å²) in [7, 11) is 3.25. The van der Waals surface area contributed by atoms with Gasteiger partial charge in [0.25, 0.3) is 0 Å². The molecule has 0 fully saturated rings. The first kappa shape index (κ1) is 21.0. The predicted molar refractivity (Wildman–Crippen MR) is 103 cm³/mol. The van der Waals surface area contributed by atoms with Crippen LogP contribution in [0.1, 0.15) is 41.7 Å². The molecule has 136 valence electrons. The van der Waals surface area contributed by atoms with E-state index in [1.807, 2.05) is 36.4 Å². The number of methoxy groups -OCH3 is 2. The fourth-order valence-electron chi connectivity index (χ4n) is 2.50. The number of unbranched alkanes of at least 4 members (excludes halogenated alkanes) is 1. The number of nitrogens with one attached hydrogen (secondary N) is 1. The van der Waals surface area contributed by atoms with Crippen LogP contribution in [0.25, 0.3) is 0 Å². The van der Waals surface area contributed by atoms with Crippen molar-refractivity contribution in [1.82, 2.24) is 5.32 Å². The molecular weight excluding hydrogens is 338 g/mol. The topological polar surface area (TPSA) is 47.6 Å². The molecule has 0 aliphatic heterocycles. The molecular formula is C20H26ClNO3. The summed E-state index contributed by atoms with van der Waals surface area (Å²) >= 11 is 0. The highest BCUT2D eigenvalue weighted by Gasteiger charge is 2.21. The molecule has 0 heterocycles. The van der Waals surface area contributed by atoms with E-state index in [4.69, 9.17) is 9.47 Å². The first-order chi connectivity index (χ1) is 11.7. The number of Topliss-reactive ketones (excluding diaryl/α,β-unsaturated/α-hetero) is 1. The van der Waals surface area contributed by atoms with Crippen molar-refractivity contribution in [1.29, 1.82) is 0 Å². The lowest BCUT2D eigenvalue weighted by atomic mass is 9.97. The van der Waals surface area contributed by atoms with Gasteiger partial charge in [-0.3, -0.25) is 4.79 Å².